The number of carbonyl (C=O) groups excluding carboxylic acids is 3. The second-order valence-electron chi connectivity index (χ2n) is 23.4. The predicted molar refractivity (Wildman–Crippen MR) is 353 cm³/mol. The Hall–Kier alpha value is -3.41. The van der Waals surface area contributed by atoms with Crippen molar-refractivity contribution in [2.45, 2.75) is 361 Å². The fourth-order valence-electron chi connectivity index (χ4n) is 10.2. The Bertz CT molecular complexity index is 1530. The van der Waals surface area contributed by atoms with Crippen LogP contribution < -0.4 is 0 Å². The van der Waals surface area contributed by atoms with Crippen LogP contribution in [0.1, 0.15) is 355 Å². The molecule has 0 saturated heterocycles. The Balaban J connectivity index is 4.36. The van der Waals surface area contributed by atoms with Gasteiger partial charge in [-0.3, -0.25) is 14.4 Å². The summed E-state index contributed by atoms with van der Waals surface area (Å²) in [6.07, 6.45) is 91.8. The Morgan fingerprint density at radius 3 is 0.753 bits per heavy atom. The molecule has 0 heterocycles. The SMILES string of the molecule is CC/C=C\C/C=C\C/C=C\C/C=C\CCCCCCC(=O)OCC(COC(=O)CCCCCCCCCCCCCCCCCCCCCCCCCCC)OC(=O)CCCCCCCC/C=C\C/C=C\C/C=C\CCCCCCC. The molecule has 0 N–H and O–H groups in total. The van der Waals surface area contributed by atoms with E-state index < -0.39 is 6.10 Å². The maximum absolute atomic E-state index is 13.0. The number of esters is 3. The number of rotatable bonds is 64. The average Bonchev–Trinajstić information content (AvgIpc) is 3.47. The molecule has 6 nitrogen and oxygen atoms in total. The maximum atomic E-state index is 13.0. The van der Waals surface area contributed by atoms with Crippen molar-refractivity contribution in [3.8, 4) is 0 Å². The van der Waals surface area contributed by atoms with Gasteiger partial charge in [-0.25, -0.2) is 0 Å². The normalized spacial score (nSPS) is 12.6. The van der Waals surface area contributed by atoms with Crippen LogP contribution in [0.2, 0.25) is 0 Å². The van der Waals surface area contributed by atoms with Gasteiger partial charge >= 0.3 is 17.9 Å². The van der Waals surface area contributed by atoms with E-state index in [9.17, 15) is 14.4 Å². The topological polar surface area (TPSA) is 78.9 Å². The molecule has 468 valence electrons. The number of carbonyl (C=O) groups is 3. The number of unbranched alkanes of at least 4 members (excludes halogenated alkanes) is 39. The van der Waals surface area contributed by atoms with Gasteiger partial charge in [-0.05, 0) is 96.3 Å². The molecule has 81 heavy (non-hydrogen) atoms. The van der Waals surface area contributed by atoms with E-state index in [4.69, 9.17) is 14.2 Å². The van der Waals surface area contributed by atoms with Crippen LogP contribution in [0.5, 0.6) is 0 Å². The van der Waals surface area contributed by atoms with Gasteiger partial charge in [0.15, 0.2) is 6.10 Å². The van der Waals surface area contributed by atoms with E-state index in [1.165, 1.54) is 193 Å². The van der Waals surface area contributed by atoms with Gasteiger partial charge in [-0.2, -0.15) is 0 Å². The van der Waals surface area contributed by atoms with Gasteiger partial charge in [0.05, 0.1) is 0 Å². The van der Waals surface area contributed by atoms with Crippen LogP contribution in [-0.4, -0.2) is 37.2 Å². The van der Waals surface area contributed by atoms with Gasteiger partial charge in [-0.1, -0.05) is 324 Å². The minimum atomic E-state index is -0.796. The molecule has 0 aliphatic rings. The van der Waals surface area contributed by atoms with E-state index in [0.717, 1.165) is 122 Å². The second-order valence-corrected chi connectivity index (χ2v) is 23.4. The van der Waals surface area contributed by atoms with Crippen molar-refractivity contribution in [3.63, 3.8) is 0 Å². The van der Waals surface area contributed by atoms with Crippen LogP contribution in [0.15, 0.2) is 85.1 Å². The van der Waals surface area contributed by atoms with Gasteiger partial charge in [0.25, 0.3) is 0 Å². The summed E-state index contributed by atoms with van der Waals surface area (Å²) in [5.74, 6) is -0.907. The Morgan fingerprint density at radius 1 is 0.259 bits per heavy atom. The first-order valence-corrected chi connectivity index (χ1v) is 35.1. The summed E-state index contributed by atoms with van der Waals surface area (Å²) < 4.78 is 17.0. The molecule has 0 fully saturated rings. The molecule has 0 rings (SSSR count). The molecule has 6 heteroatoms. The summed E-state index contributed by atoms with van der Waals surface area (Å²) in [4.78, 5) is 38.5. The lowest BCUT2D eigenvalue weighted by atomic mass is 10.0. The molecule has 0 aromatic rings. The summed E-state index contributed by atoms with van der Waals surface area (Å²) in [5, 5.41) is 0. The molecule has 0 radical (unpaired) electrons. The highest BCUT2D eigenvalue weighted by Gasteiger charge is 2.19. The molecule has 0 amide bonds. The summed E-state index contributed by atoms with van der Waals surface area (Å²) in [6.45, 7) is 6.54. The predicted octanol–water partition coefficient (Wildman–Crippen LogP) is 24.2. The monoisotopic (exact) mass is 1130 g/mol. The smallest absolute Gasteiger partial charge is 0.306 e. The third-order valence-corrected chi connectivity index (χ3v) is 15.4. The molecule has 0 aliphatic carbocycles. The van der Waals surface area contributed by atoms with Crippen LogP contribution in [0, 0.1) is 0 Å². The first-order valence-electron chi connectivity index (χ1n) is 35.1. The molecular weight excluding hydrogens is 997 g/mol. The van der Waals surface area contributed by atoms with E-state index in [1.54, 1.807) is 0 Å². The van der Waals surface area contributed by atoms with Crippen molar-refractivity contribution in [3.05, 3.63) is 85.1 Å². The maximum Gasteiger partial charge on any atom is 0.306 e. The Kier molecular flexibility index (Phi) is 66.2. The molecule has 0 aromatic carbocycles. The highest BCUT2D eigenvalue weighted by molar-refractivity contribution is 5.71. The first-order chi connectivity index (χ1) is 40.0. The van der Waals surface area contributed by atoms with Crippen molar-refractivity contribution in [1.29, 1.82) is 0 Å². The molecular formula is C75H132O6. The lowest BCUT2D eigenvalue weighted by Crippen LogP contribution is -2.30. The molecule has 1 unspecified atom stereocenters. The molecule has 0 aliphatic heterocycles. The van der Waals surface area contributed by atoms with E-state index in [2.05, 4.69) is 106 Å². The second kappa shape index (κ2) is 69.1. The van der Waals surface area contributed by atoms with Gasteiger partial charge in [0.2, 0.25) is 0 Å². The number of hydrogen-bond donors (Lipinski definition) is 0. The molecule has 0 saturated carbocycles. The fourth-order valence-corrected chi connectivity index (χ4v) is 10.2. The lowest BCUT2D eigenvalue weighted by Gasteiger charge is -2.18. The van der Waals surface area contributed by atoms with Crippen molar-refractivity contribution in [2.24, 2.45) is 0 Å². The number of ether oxygens (including phenoxy) is 3. The Morgan fingerprint density at radius 2 is 0.481 bits per heavy atom. The van der Waals surface area contributed by atoms with Crippen LogP contribution in [0.3, 0.4) is 0 Å². The summed E-state index contributed by atoms with van der Waals surface area (Å²) >= 11 is 0. The van der Waals surface area contributed by atoms with E-state index >= 15 is 0 Å². The molecule has 0 spiro atoms. The molecule has 0 bridgehead atoms. The zero-order chi connectivity index (χ0) is 58.5. The number of allylic oxidation sites excluding steroid dienone is 14. The van der Waals surface area contributed by atoms with Gasteiger partial charge in [0.1, 0.15) is 13.2 Å². The average molecular weight is 1130 g/mol. The lowest BCUT2D eigenvalue weighted by molar-refractivity contribution is -0.167. The van der Waals surface area contributed by atoms with Crippen molar-refractivity contribution in [1.82, 2.24) is 0 Å². The minimum absolute atomic E-state index is 0.0873. The highest BCUT2D eigenvalue weighted by Crippen LogP contribution is 2.18. The summed E-state index contributed by atoms with van der Waals surface area (Å²) in [7, 11) is 0. The quantitative estimate of drug-likeness (QED) is 0.0261. The summed E-state index contributed by atoms with van der Waals surface area (Å²) in [6, 6.07) is 0. The van der Waals surface area contributed by atoms with Crippen LogP contribution in [0.25, 0.3) is 0 Å². The van der Waals surface area contributed by atoms with E-state index in [0.29, 0.717) is 19.3 Å². The minimum Gasteiger partial charge on any atom is -0.462 e. The fraction of sp³-hybridized carbons (Fsp3) is 0.773. The van der Waals surface area contributed by atoms with E-state index in [-0.39, 0.29) is 31.1 Å². The van der Waals surface area contributed by atoms with Crippen molar-refractivity contribution < 1.29 is 28.6 Å². The van der Waals surface area contributed by atoms with Gasteiger partial charge in [-0.15, -0.1) is 0 Å². The zero-order valence-electron chi connectivity index (χ0n) is 53.8. The van der Waals surface area contributed by atoms with E-state index in [1.807, 2.05) is 0 Å². The van der Waals surface area contributed by atoms with Gasteiger partial charge < -0.3 is 14.2 Å². The van der Waals surface area contributed by atoms with Crippen LogP contribution >= 0.6 is 0 Å². The third kappa shape index (κ3) is 67.3. The molecule has 1 atom stereocenters. The zero-order valence-corrected chi connectivity index (χ0v) is 53.8. The first kappa shape index (κ1) is 77.6. The van der Waals surface area contributed by atoms with Crippen LogP contribution in [0.4, 0.5) is 0 Å². The number of hydrogen-bond acceptors (Lipinski definition) is 6. The largest absolute Gasteiger partial charge is 0.462 e. The Labute approximate surface area is 503 Å². The van der Waals surface area contributed by atoms with Crippen LogP contribution in [-0.2, 0) is 28.6 Å². The standard InChI is InChI=1S/C75H132O6/c1-4-7-10-13-16-19-22-25-28-31-33-35-36-37-38-40-41-44-47-50-53-56-59-62-65-68-74(77)80-71-72(70-79-73(76)67-64-61-58-55-52-49-46-43-30-27-24-21-18-15-12-9-6-3)81-75(78)69-66-63-60-57-54-51-48-45-42-39-34-32-29-26-23-20-17-14-11-8-5-2/h9,12,18,21,23,26-27,30,32,34,42,45-46,49,72H,4-8,10-11,13-17,19-20,22,24-25,28-29,31,33,35-41,43-44,47-48,50-71H2,1-3H3/b12-9-,21-18-,26-23-,30-27-,34-32-,45-42-,49-46-. The van der Waals surface area contributed by atoms with Crippen molar-refractivity contribution >= 4 is 17.9 Å². The van der Waals surface area contributed by atoms with Gasteiger partial charge in [0, 0.05) is 19.3 Å². The third-order valence-electron chi connectivity index (χ3n) is 15.4. The summed E-state index contributed by atoms with van der Waals surface area (Å²) in [5.41, 5.74) is 0. The highest BCUT2D eigenvalue weighted by atomic mass is 16.6. The van der Waals surface area contributed by atoms with Crippen molar-refractivity contribution in [2.75, 3.05) is 13.2 Å². The molecule has 0 aromatic heterocycles.